The number of hydrogen-bond donors (Lipinski definition) is 1. The minimum Gasteiger partial charge on any atom is -0.382 e. The minimum absolute atomic E-state index is 0.00943. The molecule has 1 aromatic rings. The number of anilines is 1. The third-order valence-electron chi connectivity index (χ3n) is 2.22. The molecule has 0 aromatic carbocycles. The van der Waals surface area contributed by atoms with Gasteiger partial charge in [-0.3, -0.25) is 0 Å². The van der Waals surface area contributed by atoms with Gasteiger partial charge in [0.1, 0.15) is 5.82 Å². The molecule has 0 amide bonds. The van der Waals surface area contributed by atoms with E-state index in [0.29, 0.717) is 19.0 Å². The van der Waals surface area contributed by atoms with Crippen LogP contribution in [-0.2, 0) is 15.4 Å². The van der Waals surface area contributed by atoms with E-state index in [2.05, 4.69) is 10.3 Å². The Bertz CT molecular complexity index is 310. The van der Waals surface area contributed by atoms with Gasteiger partial charge >= 0.3 is 0 Å². The predicted molar refractivity (Wildman–Crippen MR) is 65.0 cm³/mol. The summed E-state index contributed by atoms with van der Waals surface area (Å²) in [5.41, 5.74) is 0.983. The van der Waals surface area contributed by atoms with Crippen LogP contribution in [0.1, 0.15) is 5.56 Å². The Morgan fingerprint density at radius 2 is 2.31 bits per heavy atom. The number of nitrogens with one attached hydrogen (secondary N) is 1. The van der Waals surface area contributed by atoms with Crippen LogP contribution in [0.15, 0.2) is 18.3 Å². The largest absolute Gasteiger partial charge is 0.382 e. The molecule has 5 heteroatoms. The fourth-order valence-corrected chi connectivity index (χ4v) is 1.53. The molecule has 0 aliphatic rings. The molecule has 90 valence electrons. The number of hydrogen-bond acceptors (Lipinski definition) is 4. The topological polar surface area (TPSA) is 43.4 Å². The van der Waals surface area contributed by atoms with Crippen molar-refractivity contribution in [2.75, 3.05) is 32.7 Å². The number of rotatable bonds is 7. The lowest BCUT2D eigenvalue weighted by Crippen LogP contribution is -2.27. The van der Waals surface area contributed by atoms with Gasteiger partial charge in [-0.2, -0.15) is 0 Å². The molecule has 16 heavy (non-hydrogen) atoms. The van der Waals surface area contributed by atoms with Crippen LogP contribution in [0.25, 0.3) is 0 Å². The maximum Gasteiger partial charge on any atom is 0.130 e. The van der Waals surface area contributed by atoms with Gasteiger partial charge in [0.25, 0.3) is 0 Å². The van der Waals surface area contributed by atoms with Crippen molar-refractivity contribution in [3.05, 3.63) is 23.9 Å². The lowest BCUT2D eigenvalue weighted by atomic mass is 10.3. The van der Waals surface area contributed by atoms with Gasteiger partial charge in [0.2, 0.25) is 0 Å². The van der Waals surface area contributed by atoms with Crippen molar-refractivity contribution in [3.8, 4) is 0 Å². The quantitative estimate of drug-likeness (QED) is 0.744. The Morgan fingerprint density at radius 3 is 2.94 bits per heavy atom. The monoisotopic (exact) mass is 244 g/mol. The van der Waals surface area contributed by atoms with Gasteiger partial charge in [0.15, 0.2) is 0 Å². The van der Waals surface area contributed by atoms with Gasteiger partial charge in [-0.15, -0.1) is 11.6 Å². The highest BCUT2D eigenvalue weighted by molar-refractivity contribution is 6.17. The Labute approximate surface area is 101 Å². The van der Waals surface area contributed by atoms with Gasteiger partial charge in [-0.1, -0.05) is 6.07 Å². The van der Waals surface area contributed by atoms with Crippen LogP contribution in [0, 0.1) is 0 Å². The zero-order valence-electron chi connectivity index (χ0n) is 9.57. The smallest absolute Gasteiger partial charge is 0.130 e. The first-order chi connectivity index (χ1) is 7.81. The molecule has 0 saturated carbocycles. The van der Waals surface area contributed by atoms with E-state index >= 15 is 0 Å². The average Bonchev–Trinajstić information content (AvgIpc) is 2.34. The number of pyridine rings is 1. The highest BCUT2D eigenvalue weighted by Crippen LogP contribution is 2.13. The van der Waals surface area contributed by atoms with Crippen LogP contribution in [0.2, 0.25) is 0 Å². The van der Waals surface area contributed by atoms with Crippen molar-refractivity contribution in [1.82, 2.24) is 4.98 Å². The van der Waals surface area contributed by atoms with Crippen LogP contribution in [0.3, 0.4) is 0 Å². The van der Waals surface area contributed by atoms with Crippen molar-refractivity contribution in [2.45, 2.75) is 12.0 Å². The zero-order valence-corrected chi connectivity index (χ0v) is 10.3. The zero-order chi connectivity index (χ0) is 11.8. The Kier molecular flexibility index (Phi) is 6.15. The predicted octanol–water partition coefficient (Wildman–Crippen LogP) is 1.89. The fourth-order valence-electron chi connectivity index (χ4n) is 1.31. The first-order valence-corrected chi connectivity index (χ1v) is 5.60. The third-order valence-corrected chi connectivity index (χ3v) is 2.51. The molecule has 1 atom stereocenters. The van der Waals surface area contributed by atoms with E-state index in [1.165, 1.54) is 0 Å². The van der Waals surface area contributed by atoms with Gasteiger partial charge < -0.3 is 14.8 Å². The normalized spacial score (nSPS) is 12.4. The van der Waals surface area contributed by atoms with E-state index in [0.717, 1.165) is 11.4 Å². The number of methoxy groups -OCH3 is 2. The summed E-state index contributed by atoms with van der Waals surface area (Å²) in [7, 11) is 3.31. The highest BCUT2D eigenvalue weighted by Gasteiger charge is 2.08. The van der Waals surface area contributed by atoms with Gasteiger partial charge in [0.05, 0.1) is 18.6 Å². The minimum atomic E-state index is 0.00943. The Balaban J connectivity index is 2.52. The first kappa shape index (κ1) is 13.2. The van der Waals surface area contributed by atoms with E-state index in [-0.39, 0.29) is 6.10 Å². The summed E-state index contributed by atoms with van der Waals surface area (Å²) in [6.07, 6.45) is 1.74. The molecule has 0 aliphatic heterocycles. The van der Waals surface area contributed by atoms with Crippen LogP contribution in [0.5, 0.6) is 0 Å². The molecule has 0 bridgehead atoms. The molecule has 0 fully saturated rings. The molecule has 1 unspecified atom stereocenters. The maximum atomic E-state index is 5.81. The van der Waals surface area contributed by atoms with E-state index in [1.54, 1.807) is 20.4 Å². The molecule has 4 nitrogen and oxygen atoms in total. The van der Waals surface area contributed by atoms with Gasteiger partial charge in [-0.25, -0.2) is 4.98 Å². The lowest BCUT2D eigenvalue weighted by molar-refractivity contribution is 0.0365. The van der Waals surface area contributed by atoms with Crippen LogP contribution >= 0.6 is 11.6 Å². The molecule has 0 radical (unpaired) electrons. The van der Waals surface area contributed by atoms with E-state index in [1.807, 2.05) is 12.1 Å². The number of ether oxygens (including phenoxy) is 2. The highest BCUT2D eigenvalue weighted by atomic mass is 35.5. The third kappa shape index (κ3) is 3.96. The Hall–Kier alpha value is -0.840. The van der Waals surface area contributed by atoms with Crippen LogP contribution in [-0.4, -0.2) is 38.5 Å². The molecule has 1 rings (SSSR count). The molecular weight excluding hydrogens is 228 g/mol. The second kappa shape index (κ2) is 7.44. The summed E-state index contributed by atoms with van der Waals surface area (Å²) < 4.78 is 10.3. The number of halogens is 1. The van der Waals surface area contributed by atoms with Crippen LogP contribution in [0.4, 0.5) is 5.82 Å². The van der Waals surface area contributed by atoms with Gasteiger partial charge in [-0.05, 0) is 6.07 Å². The van der Waals surface area contributed by atoms with E-state index in [4.69, 9.17) is 21.1 Å². The number of nitrogens with zero attached hydrogens (tertiary/aromatic N) is 1. The van der Waals surface area contributed by atoms with Gasteiger partial charge in [0, 0.05) is 32.5 Å². The maximum absolute atomic E-state index is 5.81. The summed E-state index contributed by atoms with van der Waals surface area (Å²) in [6, 6.07) is 3.81. The molecule has 0 aliphatic carbocycles. The number of alkyl halides is 1. The summed E-state index contributed by atoms with van der Waals surface area (Å²) in [5, 5.41) is 3.20. The average molecular weight is 245 g/mol. The summed E-state index contributed by atoms with van der Waals surface area (Å²) in [6.45, 7) is 1.19. The van der Waals surface area contributed by atoms with E-state index in [9.17, 15) is 0 Å². The molecule has 0 saturated heterocycles. The summed E-state index contributed by atoms with van der Waals surface area (Å²) in [4.78, 5) is 4.22. The lowest BCUT2D eigenvalue weighted by Gasteiger charge is -2.16. The van der Waals surface area contributed by atoms with Crippen molar-refractivity contribution in [2.24, 2.45) is 0 Å². The molecule has 1 N–H and O–H groups in total. The molecule has 1 heterocycles. The van der Waals surface area contributed by atoms with Crippen molar-refractivity contribution < 1.29 is 9.47 Å². The number of aromatic nitrogens is 1. The second-order valence-corrected chi connectivity index (χ2v) is 3.61. The van der Waals surface area contributed by atoms with Crippen LogP contribution < -0.4 is 5.32 Å². The molecule has 1 aromatic heterocycles. The van der Waals surface area contributed by atoms with Crippen molar-refractivity contribution in [1.29, 1.82) is 0 Å². The molecule has 0 spiro atoms. The van der Waals surface area contributed by atoms with Crippen molar-refractivity contribution >= 4 is 17.4 Å². The SMILES string of the molecule is COCC(CNc1ncccc1CCl)OC. The summed E-state index contributed by atoms with van der Waals surface area (Å²) >= 11 is 5.81. The Morgan fingerprint density at radius 1 is 1.50 bits per heavy atom. The second-order valence-electron chi connectivity index (χ2n) is 3.34. The standard InChI is InChI=1S/C11H17ClN2O2/c1-15-8-10(16-2)7-14-11-9(6-12)4-3-5-13-11/h3-5,10H,6-8H2,1-2H3,(H,13,14). The fraction of sp³-hybridized carbons (Fsp3) is 0.545. The van der Waals surface area contributed by atoms with E-state index < -0.39 is 0 Å². The van der Waals surface area contributed by atoms with Crippen molar-refractivity contribution in [3.63, 3.8) is 0 Å². The first-order valence-electron chi connectivity index (χ1n) is 5.07. The summed E-state index contributed by atoms with van der Waals surface area (Å²) in [5.74, 6) is 1.24. The molecular formula is C11H17ClN2O2.